The Labute approximate surface area is 119 Å². The first-order valence-electron chi connectivity index (χ1n) is 6.75. The maximum Gasteiger partial charge on any atom is 0.270 e. The molecule has 0 fully saturated rings. The summed E-state index contributed by atoms with van der Waals surface area (Å²) < 4.78 is 0. The third-order valence-electron chi connectivity index (χ3n) is 3.15. The predicted octanol–water partition coefficient (Wildman–Crippen LogP) is 3.00. The van der Waals surface area contributed by atoms with Crippen LogP contribution < -0.4 is 10.6 Å². The molecule has 1 aromatic heterocycles. The first kappa shape index (κ1) is 14.1. The van der Waals surface area contributed by atoms with Crippen LogP contribution in [0.25, 0.3) is 0 Å². The molecule has 0 aliphatic heterocycles. The lowest BCUT2D eigenvalue weighted by molar-refractivity contribution is 0.0930. The van der Waals surface area contributed by atoms with Crippen LogP contribution in [0.15, 0.2) is 48.5 Å². The predicted molar refractivity (Wildman–Crippen MR) is 80.7 cm³/mol. The molecule has 2 aromatic rings. The van der Waals surface area contributed by atoms with Crippen molar-refractivity contribution in [3.05, 3.63) is 59.8 Å². The number of amides is 1. The fourth-order valence-corrected chi connectivity index (χ4v) is 2.04. The first-order chi connectivity index (χ1) is 9.74. The minimum absolute atomic E-state index is 0.00346. The minimum Gasteiger partial charge on any atom is -0.373 e. The van der Waals surface area contributed by atoms with Crippen molar-refractivity contribution in [2.45, 2.75) is 19.4 Å². The van der Waals surface area contributed by atoms with E-state index in [1.807, 2.05) is 42.5 Å². The number of rotatable bonds is 5. The van der Waals surface area contributed by atoms with Gasteiger partial charge >= 0.3 is 0 Å². The normalized spacial score (nSPS) is 11.7. The molecule has 4 heteroatoms. The van der Waals surface area contributed by atoms with Gasteiger partial charge in [-0.1, -0.05) is 43.3 Å². The lowest BCUT2D eigenvalue weighted by Crippen LogP contribution is -2.28. The van der Waals surface area contributed by atoms with Gasteiger partial charge in [-0.2, -0.15) is 0 Å². The maximum absolute atomic E-state index is 12.3. The van der Waals surface area contributed by atoms with E-state index in [0.29, 0.717) is 11.5 Å². The Morgan fingerprint density at radius 1 is 1.15 bits per heavy atom. The molecule has 0 saturated carbocycles. The van der Waals surface area contributed by atoms with E-state index in [4.69, 9.17) is 0 Å². The van der Waals surface area contributed by atoms with Crippen LogP contribution in [-0.4, -0.2) is 17.9 Å². The summed E-state index contributed by atoms with van der Waals surface area (Å²) >= 11 is 0. The van der Waals surface area contributed by atoms with E-state index in [-0.39, 0.29) is 11.9 Å². The molecular weight excluding hydrogens is 250 g/mol. The number of benzene rings is 1. The van der Waals surface area contributed by atoms with Gasteiger partial charge in [0.15, 0.2) is 0 Å². The third kappa shape index (κ3) is 3.35. The molecule has 1 atom stereocenters. The van der Waals surface area contributed by atoms with Crippen molar-refractivity contribution in [2.24, 2.45) is 0 Å². The zero-order valence-electron chi connectivity index (χ0n) is 11.8. The summed E-state index contributed by atoms with van der Waals surface area (Å²) in [7, 11) is 1.78. The molecule has 0 bridgehead atoms. The average Bonchev–Trinajstić information content (AvgIpc) is 2.53. The molecule has 1 heterocycles. The van der Waals surface area contributed by atoms with Crippen LogP contribution in [0.3, 0.4) is 0 Å². The summed E-state index contributed by atoms with van der Waals surface area (Å²) in [6, 6.07) is 15.3. The number of hydrogen-bond donors (Lipinski definition) is 2. The number of nitrogens with zero attached hydrogens (tertiary/aromatic N) is 1. The largest absolute Gasteiger partial charge is 0.373 e. The molecule has 104 valence electrons. The standard InChI is InChI=1S/C16H19N3O/c1-3-13(12-8-5-4-6-9-12)19-16(20)14-10-7-11-15(17-2)18-14/h4-11,13H,3H2,1-2H3,(H,17,18)(H,19,20). The van der Waals surface area contributed by atoms with Gasteiger partial charge in [0, 0.05) is 7.05 Å². The summed E-state index contributed by atoms with van der Waals surface area (Å²) in [5, 5.41) is 5.95. The molecule has 0 spiro atoms. The van der Waals surface area contributed by atoms with Crippen molar-refractivity contribution in [1.29, 1.82) is 0 Å². The van der Waals surface area contributed by atoms with Crippen molar-refractivity contribution in [3.8, 4) is 0 Å². The Hall–Kier alpha value is -2.36. The molecule has 1 aromatic carbocycles. The molecule has 20 heavy (non-hydrogen) atoms. The second kappa shape index (κ2) is 6.70. The number of hydrogen-bond acceptors (Lipinski definition) is 3. The Morgan fingerprint density at radius 3 is 2.55 bits per heavy atom. The van der Waals surface area contributed by atoms with E-state index in [2.05, 4.69) is 22.5 Å². The van der Waals surface area contributed by atoms with Crippen LogP contribution in [0.5, 0.6) is 0 Å². The highest BCUT2D eigenvalue weighted by atomic mass is 16.1. The lowest BCUT2D eigenvalue weighted by Gasteiger charge is -2.17. The van der Waals surface area contributed by atoms with Crippen LogP contribution in [0.1, 0.15) is 35.4 Å². The van der Waals surface area contributed by atoms with E-state index >= 15 is 0 Å². The fourth-order valence-electron chi connectivity index (χ4n) is 2.04. The topological polar surface area (TPSA) is 54.0 Å². The van der Waals surface area contributed by atoms with E-state index in [9.17, 15) is 4.79 Å². The van der Waals surface area contributed by atoms with Gasteiger partial charge in [-0.25, -0.2) is 4.98 Å². The van der Waals surface area contributed by atoms with Gasteiger partial charge in [0.2, 0.25) is 0 Å². The van der Waals surface area contributed by atoms with E-state index in [1.54, 1.807) is 13.1 Å². The molecule has 0 saturated heterocycles. The molecule has 2 N–H and O–H groups in total. The quantitative estimate of drug-likeness (QED) is 0.877. The highest BCUT2D eigenvalue weighted by molar-refractivity contribution is 5.92. The van der Waals surface area contributed by atoms with Gasteiger partial charge in [0.25, 0.3) is 5.91 Å². The monoisotopic (exact) mass is 269 g/mol. The van der Waals surface area contributed by atoms with Crippen molar-refractivity contribution in [3.63, 3.8) is 0 Å². The van der Waals surface area contributed by atoms with E-state index < -0.39 is 0 Å². The van der Waals surface area contributed by atoms with Gasteiger partial charge in [-0.3, -0.25) is 4.79 Å². The third-order valence-corrected chi connectivity index (χ3v) is 3.15. The minimum atomic E-state index is -0.155. The van der Waals surface area contributed by atoms with Crippen LogP contribution >= 0.6 is 0 Å². The smallest absolute Gasteiger partial charge is 0.270 e. The summed E-state index contributed by atoms with van der Waals surface area (Å²) in [6.45, 7) is 2.05. The summed E-state index contributed by atoms with van der Waals surface area (Å²) in [6.07, 6.45) is 0.835. The van der Waals surface area contributed by atoms with Gasteiger partial charge in [0.1, 0.15) is 11.5 Å². The van der Waals surface area contributed by atoms with Crippen LogP contribution in [-0.2, 0) is 0 Å². The van der Waals surface area contributed by atoms with Crippen molar-refractivity contribution in [2.75, 3.05) is 12.4 Å². The molecular formula is C16H19N3O. The zero-order valence-corrected chi connectivity index (χ0v) is 11.8. The molecule has 0 aliphatic rings. The fraction of sp³-hybridized carbons (Fsp3) is 0.250. The Kier molecular flexibility index (Phi) is 4.71. The zero-order chi connectivity index (χ0) is 14.4. The molecule has 4 nitrogen and oxygen atoms in total. The highest BCUT2D eigenvalue weighted by Gasteiger charge is 2.14. The number of anilines is 1. The van der Waals surface area contributed by atoms with Gasteiger partial charge in [0.05, 0.1) is 6.04 Å². The lowest BCUT2D eigenvalue weighted by atomic mass is 10.0. The Bertz CT molecular complexity index is 569. The molecule has 1 amide bonds. The van der Waals surface area contributed by atoms with Gasteiger partial charge < -0.3 is 10.6 Å². The maximum atomic E-state index is 12.3. The van der Waals surface area contributed by atoms with Crippen molar-refractivity contribution in [1.82, 2.24) is 10.3 Å². The number of nitrogens with one attached hydrogen (secondary N) is 2. The number of carbonyl (C=O) groups excluding carboxylic acids is 1. The first-order valence-corrected chi connectivity index (χ1v) is 6.75. The van der Waals surface area contributed by atoms with Gasteiger partial charge in [-0.05, 0) is 24.1 Å². The van der Waals surface area contributed by atoms with E-state index in [1.165, 1.54) is 0 Å². The highest BCUT2D eigenvalue weighted by Crippen LogP contribution is 2.16. The van der Waals surface area contributed by atoms with Crippen molar-refractivity contribution >= 4 is 11.7 Å². The SMILES string of the molecule is CCC(NC(=O)c1cccc(NC)n1)c1ccccc1. The number of pyridine rings is 1. The Morgan fingerprint density at radius 2 is 1.90 bits per heavy atom. The van der Waals surface area contributed by atoms with Crippen LogP contribution in [0, 0.1) is 0 Å². The molecule has 0 radical (unpaired) electrons. The number of aromatic nitrogens is 1. The molecule has 2 rings (SSSR count). The number of carbonyl (C=O) groups is 1. The van der Waals surface area contributed by atoms with Crippen molar-refractivity contribution < 1.29 is 4.79 Å². The summed E-state index contributed by atoms with van der Waals surface area (Å²) in [5.41, 5.74) is 1.53. The van der Waals surface area contributed by atoms with Gasteiger partial charge in [-0.15, -0.1) is 0 Å². The molecule has 0 aliphatic carbocycles. The summed E-state index contributed by atoms with van der Waals surface area (Å²) in [4.78, 5) is 16.5. The van der Waals surface area contributed by atoms with E-state index in [0.717, 1.165) is 12.0 Å². The summed E-state index contributed by atoms with van der Waals surface area (Å²) in [5.74, 6) is 0.531. The second-order valence-electron chi connectivity index (χ2n) is 4.50. The second-order valence-corrected chi connectivity index (χ2v) is 4.50. The van der Waals surface area contributed by atoms with Crippen LogP contribution in [0.2, 0.25) is 0 Å². The molecule has 1 unspecified atom stereocenters. The average molecular weight is 269 g/mol. The Balaban J connectivity index is 2.13. The van der Waals surface area contributed by atoms with Crippen LogP contribution in [0.4, 0.5) is 5.82 Å².